The second kappa shape index (κ2) is 6.47. The lowest BCUT2D eigenvalue weighted by Crippen LogP contribution is -2.30. The monoisotopic (exact) mass is 333 g/mol. The average Bonchev–Trinajstić information content (AvgIpc) is 2.27. The number of carbonyl (C=O) groups is 2. The highest BCUT2D eigenvalue weighted by atomic mass is 127. The summed E-state index contributed by atoms with van der Waals surface area (Å²) in [5.74, 6) is -0.703. The molecule has 5 heteroatoms. The van der Waals surface area contributed by atoms with Gasteiger partial charge in [0.1, 0.15) is 6.54 Å². The topological polar surface area (TPSA) is 55.4 Å². The normalized spacial score (nSPS) is 9.62. The fraction of sp³-hybridized carbons (Fsp3) is 0.273. The van der Waals surface area contributed by atoms with Crippen molar-refractivity contribution in [3.05, 3.63) is 33.4 Å². The molecule has 1 aromatic rings. The smallest absolute Gasteiger partial charge is 0.325 e. The molecule has 0 radical (unpaired) electrons. The zero-order valence-electron chi connectivity index (χ0n) is 8.83. The van der Waals surface area contributed by atoms with Gasteiger partial charge in [-0.25, -0.2) is 0 Å². The molecule has 0 unspecified atom stereocenters. The van der Waals surface area contributed by atoms with Crippen LogP contribution in [0.15, 0.2) is 24.3 Å². The molecule has 1 aromatic carbocycles. The van der Waals surface area contributed by atoms with Gasteiger partial charge in [0.25, 0.3) is 5.91 Å². The van der Waals surface area contributed by atoms with Crippen LogP contribution < -0.4 is 5.32 Å². The SMILES string of the molecule is CCOC(=O)CNC(=O)c1ccc(I)cc1. The van der Waals surface area contributed by atoms with E-state index in [0.29, 0.717) is 12.2 Å². The van der Waals surface area contributed by atoms with Crippen molar-refractivity contribution in [2.24, 2.45) is 0 Å². The molecule has 0 atom stereocenters. The van der Waals surface area contributed by atoms with Crippen LogP contribution >= 0.6 is 22.6 Å². The van der Waals surface area contributed by atoms with Crippen LogP contribution in [-0.4, -0.2) is 25.0 Å². The first kappa shape index (κ1) is 13.0. The number of hydrogen-bond acceptors (Lipinski definition) is 3. The molecule has 1 N–H and O–H groups in total. The van der Waals surface area contributed by atoms with E-state index in [1.807, 2.05) is 12.1 Å². The fourth-order valence-corrected chi connectivity index (χ4v) is 1.43. The maximum Gasteiger partial charge on any atom is 0.325 e. The molecule has 0 spiro atoms. The first-order valence-electron chi connectivity index (χ1n) is 4.83. The molecule has 0 bridgehead atoms. The molecule has 86 valence electrons. The summed E-state index contributed by atoms with van der Waals surface area (Å²) in [5, 5.41) is 2.49. The van der Waals surface area contributed by atoms with E-state index >= 15 is 0 Å². The van der Waals surface area contributed by atoms with Crippen LogP contribution in [0.5, 0.6) is 0 Å². The number of amides is 1. The van der Waals surface area contributed by atoms with Crippen LogP contribution in [0.2, 0.25) is 0 Å². The van der Waals surface area contributed by atoms with E-state index in [1.54, 1.807) is 19.1 Å². The third kappa shape index (κ3) is 4.18. The lowest BCUT2D eigenvalue weighted by atomic mass is 10.2. The summed E-state index contributed by atoms with van der Waals surface area (Å²) in [6.45, 7) is 1.94. The molecule has 0 aliphatic carbocycles. The minimum Gasteiger partial charge on any atom is -0.465 e. The summed E-state index contributed by atoms with van der Waals surface area (Å²) in [7, 11) is 0. The van der Waals surface area contributed by atoms with Crippen molar-refractivity contribution in [3.63, 3.8) is 0 Å². The number of esters is 1. The third-order valence-corrected chi connectivity index (χ3v) is 2.52. The summed E-state index contributed by atoms with van der Waals surface area (Å²) >= 11 is 2.16. The Morgan fingerprint density at radius 1 is 1.31 bits per heavy atom. The van der Waals surface area contributed by atoms with E-state index in [4.69, 9.17) is 4.74 Å². The van der Waals surface area contributed by atoms with Crippen molar-refractivity contribution in [1.29, 1.82) is 0 Å². The quantitative estimate of drug-likeness (QED) is 0.672. The van der Waals surface area contributed by atoms with E-state index < -0.39 is 5.97 Å². The molecular weight excluding hydrogens is 321 g/mol. The Morgan fingerprint density at radius 2 is 1.94 bits per heavy atom. The second-order valence-electron chi connectivity index (χ2n) is 2.99. The van der Waals surface area contributed by atoms with Crippen molar-refractivity contribution < 1.29 is 14.3 Å². The van der Waals surface area contributed by atoms with Crippen molar-refractivity contribution in [2.45, 2.75) is 6.92 Å². The molecule has 0 saturated carbocycles. The predicted molar refractivity (Wildman–Crippen MR) is 68.1 cm³/mol. The minimum absolute atomic E-state index is 0.0986. The zero-order valence-corrected chi connectivity index (χ0v) is 11.0. The van der Waals surface area contributed by atoms with Crippen molar-refractivity contribution in [1.82, 2.24) is 5.32 Å². The van der Waals surface area contributed by atoms with Gasteiger partial charge in [0.15, 0.2) is 0 Å². The maximum absolute atomic E-state index is 11.5. The van der Waals surface area contributed by atoms with Gasteiger partial charge in [0, 0.05) is 9.13 Å². The van der Waals surface area contributed by atoms with Crippen molar-refractivity contribution in [2.75, 3.05) is 13.2 Å². The van der Waals surface area contributed by atoms with Gasteiger partial charge in [-0.2, -0.15) is 0 Å². The highest BCUT2D eigenvalue weighted by Gasteiger charge is 2.07. The zero-order chi connectivity index (χ0) is 12.0. The molecule has 0 fully saturated rings. The lowest BCUT2D eigenvalue weighted by Gasteiger charge is -2.04. The molecule has 1 rings (SSSR count). The highest BCUT2D eigenvalue weighted by Crippen LogP contribution is 2.06. The van der Waals surface area contributed by atoms with Gasteiger partial charge in [0.05, 0.1) is 6.61 Å². The third-order valence-electron chi connectivity index (χ3n) is 1.81. The van der Waals surface area contributed by atoms with Gasteiger partial charge in [-0.05, 0) is 53.8 Å². The second-order valence-corrected chi connectivity index (χ2v) is 4.24. The summed E-state index contributed by atoms with van der Waals surface area (Å²) < 4.78 is 5.75. The number of hydrogen-bond donors (Lipinski definition) is 1. The number of nitrogens with one attached hydrogen (secondary N) is 1. The van der Waals surface area contributed by atoms with Crippen LogP contribution in [0.25, 0.3) is 0 Å². The standard InChI is InChI=1S/C11H12INO3/c1-2-16-10(14)7-13-11(15)8-3-5-9(12)6-4-8/h3-6H,2,7H2,1H3,(H,13,15). The largest absolute Gasteiger partial charge is 0.465 e. The highest BCUT2D eigenvalue weighted by molar-refractivity contribution is 14.1. The van der Waals surface area contributed by atoms with E-state index in [0.717, 1.165) is 3.57 Å². The van der Waals surface area contributed by atoms with Crippen molar-refractivity contribution in [3.8, 4) is 0 Å². The van der Waals surface area contributed by atoms with Crippen LogP contribution in [0.1, 0.15) is 17.3 Å². The Balaban J connectivity index is 2.47. The Labute approximate surface area is 108 Å². The minimum atomic E-state index is -0.429. The Hall–Kier alpha value is -1.11. The maximum atomic E-state index is 11.5. The molecule has 4 nitrogen and oxygen atoms in total. The summed E-state index contributed by atoms with van der Waals surface area (Å²) in [4.78, 5) is 22.5. The molecule has 0 aliphatic heterocycles. The first-order valence-corrected chi connectivity index (χ1v) is 5.90. The van der Waals surface area contributed by atoms with Crippen LogP contribution in [-0.2, 0) is 9.53 Å². The van der Waals surface area contributed by atoms with Crippen LogP contribution in [0.4, 0.5) is 0 Å². The van der Waals surface area contributed by atoms with E-state index in [9.17, 15) is 9.59 Å². The molecule has 1 amide bonds. The summed E-state index contributed by atoms with van der Waals surface area (Å²) in [5.41, 5.74) is 0.532. The molecule has 0 aromatic heterocycles. The Morgan fingerprint density at radius 3 is 2.50 bits per heavy atom. The van der Waals surface area contributed by atoms with E-state index in [2.05, 4.69) is 27.9 Å². The van der Waals surface area contributed by atoms with Crippen molar-refractivity contribution >= 4 is 34.5 Å². The van der Waals surface area contributed by atoms with Crippen LogP contribution in [0.3, 0.4) is 0 Å². The number of carbonyl (C=O) groups excluding carboxylic acids is 2. The molecule has 0 heterocycles. The van der Waals surface area contributed by atoms with Gasteiger partial charge >= 0.3 is 5.97 Å². The Bertz CT molecular complexity index is 375. The van der Waals surface area contributed by atoms with E-state index in [-0.39, 0.29) is 12.5 Å². The number of rotatable bonds is 4. The molecular formula is C11H12INO3. The number of benzene rings is 1. The van der Waals surface area contributed by atoms with Gasteiger partial charge in [0.2, 0.25) is 0 Å². The van der Waals surface area contributed by atoms with Gasteiger partial charge in [-0.3, -0.25) is 9.59 Å². The lowest BCUT2D eigenvalue weighted by molar-refractivity contribution is -0.141. The molecule has 16 heavy (non-hydrogen) atoms. The van der Waals surface area contributed by atoms with Gasteiger partial charge in [-0.15, -0.1) is 0 Å². The van der Waals surface area contributed by atoms with E-state index in [1.165, 1.54) is 0 Å². The molecule has 0 saturated heterocycles. The molecule has 0 aliphatic rings. The summed E-state index contributed by atoms with van der Waals surface area (Å²) in [6, 6.07) is 7.09. The number of halogens is 1. The van der Waals surface area contributed by atoms with Gasteiger partial charge in [-0.1, -0.05) is 0 Å². The van der Waals surface area contributed by atoms with Crippen LogP contribution in [0, 0.1) is 3.57 Å². The number of ether oxygens (including phenoxy) is 1. The fourth-order valence-electron chi connectivity index (χ4n) is 1.07. The van der Waals surface area contributed by atoms with Gasteiger partial charge < -0.3 is 10.1 Å². The average molecular weight is 333 g/mol. The predicted octanol–water partition coefficient (Wildman–Crippen LogP) is 1.58. The summed E-state index contributed by atoms with van der Waals surface area (Å²) in [6.07, 6.45) is 0. The first-order chi connectivity index (χ1) is 7.63. The Kier molecular flexibility index (Phi) is 5.24.